The van der Waals surface area contributed by atoms with E-state index in [0.717, 1.165) is 28.3 Å². The van der Waals surface area contributed by atoms with E-state index in [1.165, 1.54) is 0 Å². The number of benzene rings is 2. The molecule has 1 amide bonds. The summed E-state index contributed by atoms with van der Waals surface area (Å²) in [5.41, 5.74) is 2.84. The molecule has 1 aliphatic rings. The van der Waals surface area contributed by atoms with Crippen molar-refractivity contribution in [2.45, 2.75) is 45.5 Å². The van der Waals surface area contributed by atoms with Gasteiger partial charge in [-0.15, -0.1) is 10.2 Å². The molecule has 7 nitrogen and oxygen atoms in total. The normalized spacial score (nSPS) is 14.8. The van der Waals surface area contributed by atoms with Crippen molar-refractivity contribution in [3.63, 3.8) is 0 Å². The Hall–Kier alpha value is -3.13. The van der Waals surface area contributed by atoms with Gasteiger partial charge in [-0.25, -0.2) is 0 Å². The first-order chi connectivity index (χ1) is 16.0. The number of anilines is 1. The van der Waals surface area contributed by atoms with E-state index in [4.69, 9.17) is 14.5 Å². The second-order valence-electron chi connectivity index (χ2n) is 8.06. The maximum absolute atomic E-state index is 13.2. The molecule has 0 spiro atoms. The molecular formula is C25H28N4O3S. The van der Waals surface area contributed by atoms with Crippen LogP contribution < -0.4 is 14.4 Å². The number of hydrogen-bond donors (Lipinski definition) is 0. The highest BCUT2D eigenvalue weighted by Gasteiger charge is 2.35. The van der Waals surface area contributed by atoms with Crippen LogP contribution in [0, 0.1) is 5.92 Å². The van der Waals surface area contributed by atoms with Crippen molar-refractivity contribution in [1.29, 1.82) is 0 Å². The molecule has 0 unspecified atom stereocenters. The molecule has 33 heavy (non-hydrogen) atoms. The van der Waals surface area contributed by atoms with Crippen molar-refractivity contribution in [2.75, 3.05) is 17.3 Å². The molecule has 1 atom stereocenters. The number of amides is 1. The molecule has 2 aromatic carbocycles. The molecule has 1 aliphatic heterocycles. The maximum Gasteiger partial charge on any atom is 0.247 e. The second kappa shape index (κ2) is 10.2. The van der Waals surface area contributed by atoms with Crippen LogP contribution in [-0.4, -0.2) is 33.4 Å². The standard InChI is InChI=1S/C25H28N4O3S/c1-5-21(30)29-20-10-8-7-9-19(20)22-23(26-25(28-27-22)33-15-16(3)4)32-24(29)17-11-13-18(14-12-17)31-6-2/h7-14,16,24H,5-6,15H2,1-4H3/t24-/m1/s1. The number of carbonyl (C=O) groups excluding carboxylic acids is 1. The van der Waals surface area contributed by atoms with Crippen LogP contribution in [0.25, 0.3) is 11.3 Å². The number of aromatic nitrogens is 3. The van der Waals surface area contributed by atoms with E-state index < -0.39 is 6.23 Å². The number of rotatable bonds is 7. The van der Waals surface area contributed by atoms with Crippen molar-refractivity contribution < 1.29 is 14.3 Å². The Morgan fingerprint density at radius 3 is 2.58 bits per heavy atom. The van der Waals surface area contributed by atoms with Crippen molar-refractivity contribution >= 4 is 23.4 Å². The number of hydrogen-bond acceptors (Lipinski definition) is 7. The topological polar surface area (TPSA) is 77.4 Å². The van der Waals surface area contributed by atoms with E-state index in [1.54, 1.807) is 16.7 Å². The lowest BCUT2D eigenvalue weighted by Gasteiger charge is -2.30. The summed E-state index contributed by atoms with van der Waals surface area (Å²) in [6.07, 6.45) is -0.369. The van der Waals surface area contributed by atoms with Crippen LogP contribution in [0.2, 0.25) is 0 Å². The monoisotopic (exact) mass is 464 g/mol. The Morgan fingerprint density at radius 2 is 1.88 bits per heavy atom. The van der Waals surface area contributed by atoms with Crippen molar-refractivity contribution in [2.24, 2.45) is 5.92 Å². The fraction of sp³-hybridized carbons (Fsp3) is 0.360. The highest BCUT2D eigenvalue weighted by atomic mass is 32.2. The third kappa shape index (κ3) is 4.95. The number of fused-ring (bicyclic) bond motifs is 3. The summed E-state index contributed by atoms with van der Waals surface area (Å²) in [7, 11) is 0. The van der Waals surface area contributed by atoms with Gasteiger partial charge in [0.1, 0.15) is 5.75 Å². The lowest BCUT2D eigenvalue weighted by Crippen LogP contribution is -2.37. The average Bonchev–Trinajstić information content (AvgIpc) is 2.97. The van der Waals surface area contributed by atoms with Crippen LogP contribution in [0.1, 0.15) is 45.9 Å². The van der Waals surface area contributed by atoms with Crippen LogP contribution in [0.4, 0.5) is 5.69 Å². The van der Waals surface area contributed by atoms with Gasteiger partial charge in [0.2, 0.25) is 23.2 Å². The molecule has 0 aliphatic carbocycles. The van der Waals surface area contributed by atoms with E-state index in [2.05, 4.69) is 24.0 Å². The number of para-hydroxylation sites is 1. The SMILES string of the molecule is CCOc1ccc([C@H]2Oc3nc(SCC(C)C)nnc3-c3ccccc3N2C(=O)CC)cc1. The van der Waals surface area contributed by atoms with Crippen molar-refractivity contribution in [3.8, 4) is 22.9 Å². The van der Waals surface area contributed by atoms with Gasteiger partial charge < -0.3 is 9.47 Å². The summed E-state index contributed by atoms with van der Waals surface area (Å²) in [4.78, 5) is 19.6. The molecular weight excluding hydrogens is 436 g/mol. The van der Waals surface area contributed by atoms with Crippen LogP contribution in [0.5, 0.6) is 11.6 Å². The van der Waals surface area contributed by atoms with Gasteiger partial charge >= 0.3 is 0 Å². The fourth-order valence-corrected chi connectivity index (χ4v) is 4.30. The maximum atomic E-state index is 13.2. The minimum Gasteiger partial charge on any atom is -0.494 e. The molecule has 3 aromatic rings. The summed E-state index contributed by atoms with van der Waals surface area (Å²) in [6, 6.07) is 15.3. The Labute approximate surface area is 198 Å². The fourth-order valence-electron chi connectivity index (χ4n) is 3.57. The first-order valence-corrected chi connectivity index (χ1v) is 12.2. The van der Waals surface area contributed by atoms with Gasteiger partial charge in [-0.05, 0) is 43.2 Å². The molecule has 8 heteroatoms. The van der Waals surface area contributed by atoms with Crippen LogP contribution in [0.3, 0.4) is 0 Å². The largest absolute Gasteiger partial charge is 0.494 e. The third-order valence-corrected chi connectivity index (χ3v) is 6.37. The number of ether oxygens (including phenoxy) is 2. The molecule has 0 N–H and O–H groups in total. The van der Waals surface area contributed by atoms with Gasteiger partial charge in [0, 0.05) is 23.3 Å². The molecule has 0 radical (unpaired) electrons. The minimum absolute atomic E-state index is 0.0588. The predicted octanol–water partition coefficient (Wildman–Crippen LogP) is 5.52. The molecule has 172 valence electrons. The van der Waals surface area contributed by atoms with Gasteiger partial charge in [0.05, 0.1) is 12.3 Å². The predicted molar refractivity (Wildman–Crippen MR) is 130 cm³/mol. The first-order valence-electron chi connectivity index (χ1n) is 11.2. The zero-order chi connectivity index (χ0) is 23.4. The van der Waals surface area contributed by atoms with E-state index in [9.17, 15) is 4.79 Å². The molecule has 4 rings (SSSR count). The van der Waals surface area contributed by atoms with E-state index in [1.807, 2.05) is 62.4 Å². The third-order valence-electron chi connectivity index (χ3n) is 5.10. The molecule has 0 saturated carbocycles. The van der Waals surface area contributed by atoms with Crippen LogP contribution in [-0.2, 0) is 4.79 Å². The average molecular weight is 465 g/mol. The van der Waals surface area contributed by atoms with Gasteiger partial charge in [-0.3, -0.25) is 9.69 Å². The summed E-state index contributed by atoms with van der Waals surface area (Å²) in [5.74, 6) is 2.44. The minimum atomic E-state index is -0.699. The number of nitrogens with zero attached hydrogens (tertiary/aromatic N) is 4. The van der Waals surface area contributed by atoms with Gasteiger partial charge in [-0.2, -0.15) is 4.98 Å². The smallest absolute Gasteiger partial charge is 0.247 e. The van der Waals surface area contributed by atoms with Gasteiger partial charge in [0.15, 0.2) is 5.69 Å². The van der Waals surface area contributed by atoms with E-state index >= 15 is 0 Å². The summed E-state index contributed by atoms with van der Waals surface area (Å²) < 4.78 is 12.0. The Morgan fingerprint density at radius 1 is 1.12 bits per heavy atom. The van der Waals surface area contributed by atoms with Crippen LogP contribution in [0.15, 0.2) is 53.7 Å². The lowest BCUT2D eigenvalue weighted by atomic mass is 10.1. The highest BCUT2D eigenvalue weighted by Crippen LogP contribution is 2.43. The van der Waals surface area contributed by atoms with E-state index in [0.29, 0.717) is 35.7 Å². The quantitative estimate of drug-likeness (QED) is 0.426. The number of carbonyl (C=O) groups is 1. The van der Waals surface area contributed by atoms with E-state index in [-0.39, 0.29) is 5.91 Å². The zero-order valence-electron chi connectivity index (χ0n) is 19.3. The summed E-state index contributed by atoms with van der Waals surface area (Å²) in [6.45, 7) is 8.66. The number of thioether (sulfide) groups is 1. The summed E-state index contributed by atoms with van der Waals surface area (Å²) >= 11 is 1.54. The van der Waals surface area contributed by atoms with Crippen LogP contribution >= 0.6 is 11.8 Å². The Kier molecular flexibility index (Phi) is 7.13. The van der Waals surface area contributed by atoms with Gasteiger partial charge in [0.25, 0.3) is 0 Å². The second-order valence-corrected chi connectivity index (χ2v) is 9.05. The first kappa shape index (κ1) is 23.0. The van der Waals surface area contributed by atoms with Crippen molar-refractivity contribution in [3.05, 3.63) is 54.1 Å². The Balaban J connectivity index is 1.84. The lowest BCUT2D eigenvalue weighted by molar-refractivity contribution is -0.120. The van der Waals surface area contributed by atoms with Crippen molar-refractivity contribution in [1.82, 2.24) is 15.2 Å². The molecule has 0 saturated heterocycles. The Bertz CT molecular complexity index is 1120. The highest BCUT2D eigenvalue weighted by molar-refractivity contribution is 7.99. The van der Waals surface area contributed by atoms with Gasteiger partial charge in [-0.1, -0.05) is 50.7 Å². The molecule has 0 bridgehead atoms. The molecule has 2 heterocycles. The summed E-state index contributed by atoms with van der Waals surface area (Å²) in [5, 5.41) is 9.35. The molecule has 0 fully saturated rings. The zero-order valence-corrected chi connectivity index (χ0v) is 20.1. The molecule has 1 aromatic heterocycles.